The van der Waals surface area contributed by atoms with Gasteiger partial charge in [-0.3, -0.25) is 0 Å². The number of likely N-dealkylation sites (tertiary alicyclic amines) is 1. The largest absolute Gasteiger partial charge is 0.508 e. The molecule has 1 aromatic rings. The summed E-state index contributed by atoms with van der Waals surface area (Å²) in [5, 5.41) is 9.26. The summed E-state index contributed by atoms with van der Waals surface area (Å²) in [6, 6.07) is 7.53. The number of phenolic OH excluding ortho intramolecular Hbond substituents is 1. The van der Waals surface area contributed by atoms with Gasteiger partial charge in [-0.2, -0.15) is 0 Å². The van der Waals surface area contributed by atoms with Crippen LogP contribution in [-0.4, -0.2) is 48.6 Å². The Labute approximate surface area is 110 Å². The van der Waals surface area contributed by atoms with Gasteiger partial charge >= 0.3 is 0 Å². The summed E-state index contributed by atoms with van der Waals surface area (Å²) in [6.45, 7) is 4.61. The first kappa shape index (κ1) is 13.4. The van der Waals surface area contributed by atoms with Crippen molar-refractivity contribution >= 4 is 0 Å². The van der Waals surface area contributed by atoms with Crippen molar-refractivity contribution in [1.29, 1.82) is 0 Å². The van der Waals surface area contributed by atoms with Gasteiger partial charge in [0.2, 0.25) is 0 Å². The Morgan fingerprint density at radius 3 is 2.44 bits per heavy atom. The van der Waals surface area contributed by atoms with Gasteiger partial charge in [-0.25, -0.2) is 0 Å². The molecule has 0 aromatic heterocycles. The van der Waals surface area contributed by atoms with E-state index in [1.807, 2.05) is 12.1 Å². The average Bonchev–Trinajstić information content (AvgIpc) is 2.35. The molecule has 0 spiro atoms. The number of hydrogen-bond acceptors (Lipinski definition) is 3. The molecule has 0 unspecified atom stereocenters. The highest BCUT2D eigenvalue weighted by Gasteiger charge is 2.17. The lowest BCUT2D eigenvalue weighted by Crippen LogP contribution is -2.35. The molecule has 1 N–H and O–H groups in total. The van der Waals surface area contributed by atoms with Gasteiger partial charge < -0.3 is 14.9 Å². The molecule has 18 heavy (non-hydrogen) atoms. The molecule has 1 fully saturated rings. The minimum atomic E-state index is 0.344. The fourth-order valence-electron chi connectivity index (χ4n) is 2.66. The Hall–Kier alpha value is -1.06. The third-order valence-corrected chi connectivity index (χ3v) is 3.80. The Morgan fingerprint density at radius 1 is 1.22 bits per heavy atom. The van der Waals surface area contributed by atoms with E-state index in [1.54, 1.807) is 12.1 Å². The third kappa shape index (κ3) is 4.00. The van der Waals surface area contributed by atoms with E-state index in [2.05, 4.69) is 23.9 Å². The molecule has 0 radical (unpaired) electrons. The van der Waals surface area contributed by atoms with E-state index in [0.29, 0.717) is 5.75 Å². The van der Waals surface area contributed by atoms with Crippen LogP contribution < -0.4 is 0 Å². The maximum absolute atomic E-state index is 9.26. The van der Waals surface area contributed by atoms with Crippen LogP contribution in [0.3, 0.4) is 0 Å². The fourth-order valence-corrected chi connectivity index (χ4v) is 2.66. The molecule has 1 aliphatic rings. The number of phenols is 1. The number of aromatic hydroxyl groups is 1. The van der Waals surface area contributed by atoms with Crippen molar-refractivity contribution in [3.63, 3.8) is 0 Å². The molecule has 1 heterocycles. The van der Waals surface area contributed by atoms with Crippen molar-refractivity contribution in [2.24, 2.45) is 5.92 Å². The van der Waals surface area contributed by atoms with Crippen LogP contribution in [0.15, 0.2) is 24.3 Å². The molecule has 0 aliphatic carbocycles. The summed E-state index contributed by atoms with van der Waals surface area (Å²) < 4.78 is 0. The summed E-state index contributed by atoms with van der Waals surface area (Å²) in [7, 11) is 4.39. The van der Waals surface area contributed by atoms with E-state index in [9.17, 15) is 5.11 Å². The van der Waals surface area contributed by atoms with E-state index < -0.39 is 0 Å². The Kier molecular flexibility index (Phi) is 4.61. The molecule has 0 atom stereocenters. The van der Waals surface area contributed by atoms with Gasteiger partial charge in [0.05, 0.1) is 0 Å². The Balaban J connectivity index is 1.78. The lowest BCUT2D eigenvalue weighted by atomic mass is 9.96. The number of hydrogen-bond donors (Lipinski definition) is 1. The lowest BCUT2D eigenvalue weighted by Gasteiger charge is -2.31. The monoisotopic (exact) mass is 248 g/mol. The molecule has 3 heteroatoms. The Bertz CT molecular complexity index is 355. The third-order valence-electron chi connectivity index (χ3n) is 3.80. The van der Waals surface area contributed by atoms with Gasteiger partial charge in [0.15, 0.2) is 0 Å². The van der Waals surface area contributed by atoms with Crippen LogP contribution in [0.25, 0.3) is 0 Å². The van der Waals surface area contributed by atoms with Crippen LogP contribution in [0, 0.1) is 5.92 Å². The normalized spacial score (nSPS) is 18.4. The second kappa shape index (κ2) is 6.21. The number of rotatable bonds is 4. The zero-order valence-electron chi connectivity index (χ0n) is 11.5. The second-order valence-corrected chi connectivity index (χ2v) is 5.61. The highest BCUT2D eigenvalue weighted by atomic mass is 16.3. The smallest absolute Gasteiger partial charge is 0.115 e. The van der Waals surface area contributed by atoms with Crippen molar-refractivity contribution in [3.8, 4) is 5.75 Å². The summed E-state index contributed by atoms with van der Waals surface area (Å²) in [6.07, 6.45) is 2.63. The first-order valence-electron chi connectivity index (χ1n) is 6.78. The molecule has 1 aliphatic heterocycles. The van der Waals surface area contributed by atoms with Gasteiger partial charge in [0, 0.05) is 13.1 Å². The summed E-state index contributed by atoms with van der Waals surface area (Å²) >= 11 is 0. The van der Waals surface area contributed by atoms with Crippen molar-refractivity contribution in [3.05, 3.63) is 29.8 Å². The SMILES string of the molecule is CN1CCC(CN(C)Cc2ccc(O)cc2)CC1. The van der Waals surface area contributed by atoms with Gasteiger partial charge in [-0.05, 0) is 63.6 Å². The first-order chi connectivity index (χ1) is 8.63. The molecular formula is C15H24N2O. The highest BCUT2D eigenvalue weighted by molar-refractivity contribution is 5.25. The Morgan fingerprint density at radius 2 is 1.83 bits per heavy atom. The lowest BCUT2D eigenvalue weighted by molar-refractivity contribution is 0.173. The second-order valence-electron chi connectivity index (χ2n) is 5.61. The maximum Gasteiger partial charge on any atom is 0.115 e. The molecule has 0 bridgehead atoms. The summed E-state index contributed by atoms with van der Waals surface area (Å²) in [5.74, 6) is 1.18. The van der Waals surface area contributed by atoms with Crippen LogP contribution in [0.1, 0.15) is 18.4 Å². The predicted octanol–water partition coefficient (Wildman–Crippen LogP) is 2.17. The molecule has 0 amide bonds. The zero-order chi connectivity index (χ0) is 13.0. The van der Waals surface area contributed by atoms with Crippen molar-refractivity contribution < 1.29 is 5.11 Å². The quantitative estimate of drug-likeness (QED) is 0.884. The predicted molar refractivity (Wildman–Crippen MR) is 74.7 cm³/mol. The summed E-state index contributed by atoms with van der Waals surface area (Å²) in [4.78, 5) is 4.80. The van der Waals surface area contributed by atoms with Crippen LogP contribution in [0.5, 0.6) is 5.75 Å². The highest BCUT2D eigenvalue weighted by Crippen LogP contribution is 2.18. The zero-order valence-corrected chi connectivity index (χ0v) is 11.5. The van der Waals surface area contributed by atoms with E-state index in [-0.39, 0.29) is 0 Å². The molecule has 2 rings (SSSR count). The molecule has 0 saturated carbocycles. The maximum atomic E-state index is 9.26. The van der Waals surface area contributed by atoms with Crippen LogP contribution in [0.2, 0.25) is 0 Å². The van der Waals surface area contributed by atoms with E-state index in [4.69, 9.17) is 0 Å². The number of benzene rings is 1. The molecule has 100 valence electrons. The molecule has 1 saturated heterocycles. The van der Waals surface area contributed by atoms with Crippen LogP contribution in [-0.2, 0) is 6.54 Å². The van der Waals surface area contributed by atoms with Gasteiger partial charge in [0.1, 0.15) is 5.75 Å². The molecular weight excluding hydrogens is 224 g/mol. The van der Waals surface area contributed by atoms with Gasteiger partial charge in [-0.1, -0.05) is 12.1 Å². The van der Waals surface area contributed by atoms with Crippen LogP contribution >= 0.6 is 0 Å². The van der Waals surface area contributed by atoms with Gasteiger partial charge in [-0.15, -0.1) is 0 Å². The number of nitrogens with zero attached hydrogens (tertiary/aromatic N) is 2. The average molecular weight is 248 g/mol. The molecule has 1 aromatic carbocycles. The van der Waals surface area contributed by atoms with Crippen molar-refractivity contribution in [2.45, 2.75) is 19.4 Å². The molecule has 3 nitrogen and oxygen atoms in total. The van der Waals surface area contributed by atoms with Crippen LogP contribution in [0.4, 0.5) is 0 Å². The van der Waals surface area contributed by atoms with Gasteiger partial charge in [0.25, 0.3) is 0 Å². The van der Waals surface area contributed by atoms with E-state index in [1.165, 1.54) is 38.0 Å². The minimum Gasteiger partial charge on any atom is -0.508 e. The topological polar surface area (TPSA) is 26.7 Å². The van der Waals surface area contributed by atoms with E-state index in [0.717, 1.165) is 12.5 Å². The van der Waals surface area contributed by atoms with E-state index >= 15 is 0 Å². The first-order valence-corrected chi connectivity index (χ1v) is 6.78. The number of piperidine rings is 1. The summed E-state index contributed by atoms with van der Waals surface area (Å²) in [5.41, 5.74) is 1.27. The standard InChI is InChI=1S/C15H24N2O/c1-16-9-7-14(8-10-16)12-17(2)11-13-3-5-15(18)6-4-13/h3-6,14,18H,7-12H2,1-2H3. The minimum absolute atomic E-state index is 0.344. The van der Waals surface area contributed by atoms with Crippen molar-refractivity contribution in [1.82, 2.24) is 9.80 Å². The van der Waals surface area contributed by atoms with Crippen molar-refractivity contribution in [2.75, 3.05) is 33.7 Å². The fraction of sp³-hybridized carbons (Fsp3) is 0.600.